The summed E-state index contributed by atoms with van der Waals surface area (Å²) in [4.78, 5) is 26.5. The van der Waals surface area contributed by atoms with Crippen molar-refractivity contribution in [3.8, 4) is 0 Å². The van der Waals surface area contributed by atoms with E-state index in [1.165, 1.54) is 20.8 Å². The second-order valence-corrected chi connectivity index (χ2v) is 5.67. The third-order valence-corrected chi connectivity index (χ3v) is 3.48. The van der Waals surface area contributed by atoms with Gasteiger partial charge in [-0.1, -0.05) is 0 Å². The maximum atomic E-state index is 11.3. The zero-order valence-corrected chi connectivity index (χ0v) is 13.1. The highest BCUT2D eigenvalue weighted by atomic mass is 16.7. The predicted molar refractivity (Wildman–Crippen MR) is 78.5 cm³/mol. The topological polar surface area (TPSA) is 175 Å². The molecule has 1 heterocycles. The molecule has 0 bridgehead atoms. The second kappa shape index (κ2) is 7.21. The van der Waals surface area contributed by atoms with E-state index in [0.29, 0.717) is 0 Å². The first-order valence-corrected chi connectivity index (χ1v) is 7.04. The summed E-state index contributed by atoms with van der Waals surface area (Å²) in [5.74, 6) is -4.77. The Bertz CT molecular complexity index is 492. The van der Waals surface area contributed by atoms with Crippen LogP contribution in [-0.4, -0.2) is 74.3 Å². The molecule has 6 atom stereocenters. The number of hydrogen-bond acceptors (Lipinski definition) is 7. The SMILES string of the molecule is CC(=O)N[C@@H]([C@@H]1O[C@](O)(C(=O)O)C[C@@H](O)[C@H]1N=C(C)N)[C@@H](C)O. The Morgan fingerprint density at radius 1 is 1.43 bits per heavy atom. The van der Waals surface area contributed by atoms with Crippen LogP contribution in [0, 0.1) is 0 Å². The Hall–Kier alpha value is -1.75. The zero-order chi connectivity index (χ0) is 17.9. The largest absolute Gasteiger partial charge is 0.477 e. The molecule has 1 saturated heterocycles. The molecular formula is C13H23N3O7. The Morgan fingerprint density at radius 3 is 2.39 bits per heavy atom. The number of hydrogen-bond donors (Lipinski definition) is 6. The van der Waals surface area contributed by atoms with Gasteiger partial charge in [0, 0.05) is 13.3 Å². The molecule has 0 saturated carbocycles. The van der Waals surface area contributed by atoms with E-state index >= 15 is 0 Å². The van der Waals surface area contributed by atoms with Crippen LogP contribution in [0.5, 0.6) is 0 Å². The molecule has 0 unspecified atom stereocenters. The van der Waals surface area contributed by atoms with Gasteiger partial charge in [0.1, 0.15) is 12.1 Å². The highest BCUT2D eigenvalue weighted by Crippen LogP contribution is 2.32. The average molecular weight is 333 g/mol. The lowest BCUT2D eigenvalue weighted by molar-refractivity contribution is -0.280. The summed E-state index contributed by atoms with van der Waals surface area (Å²) < 4.78 is 5.20. The highest BCUT2D eigenvalue weighted by molar-refractivity contribution is 5.78. The summed E-state index contributed by atoms with van der Waals surface area (Å²) in [6, 6.07) is -2.17. The first-order chi connectivity index (χ1) is 10.5. The van der Waals surface area contributed by atoms with Gasteiger partial charge in [-0.25, -0.2) is 4.79 Å². The molecule has 0 aliphatic carbocycles. The lowest BCUT2D eigenvalue weighted by atomic mass is 9.88. The van der Waals surface area contributed by atoms with E-state index in [-0.39, 0.29) is 5.84 Å². The molecule has 0 radical (unpaired) electrons. The first kappa shape index (κ1) is 19.3. The van der Waals surface area contributed by atoms with Crippen molar-refractivity contribution in [2.75, 3.05) is 0 Å². The van der Waals surface area contributed by atoms with Gasteiger partial charge in [0.25, 0.3) is 5.79 Å². The fourth-order valence-electron chi connectivity index (χ4n) is 2.50. The standard InChI is InChI=1S/C13H23N3O7/c1-5(17)9(16-7(3)18)11-10(15-6(2)14)8(19)4-13(22,23-11)12(20)21/h5,8-11,17,19,22H,4H2,1-3H3,(H2,14,15)(H,16,18)(H,20,21)/t5-,8-,9-,10-,11+,13+/m1/s1. The number of amidine groups is 1. The fourth-order valence-corrected chi connectivity index (χ4v) is 2.50. The number of carbonyl (C=O) groups excluding carboxylic acids is 1. The summed E-state index contributed by atoms with van der Waals surface area (Å²) in [6.45, 7) is 4.00. The third-order valence-electron chi connectivity index (χ3n) is 3.48. The number of aliphatic hydroxyl groups excluding tert-OH is 2. The lowest BCUT2D eigenvalue weighted by Gasteiger charge is -2.44. The molecule has 23 heavy (non-hydrogen) atoms. The van der Waals surface area contributed by atoms with E-state index in [1.54, 1.807) is 0 Å². The number of aliphatic carboxylic acids is 1. The van der Waals surface area contributed by atoms with E-state index in [1.807, 2.05) is 0 Å². The smallest absolute Gasteiger partial charge is 0.364 e. The van der Waals surface area contributed by atoms with Gasteiger partial charge < -0.3 is 36.2 Å². The Morgan fingerprint density at radius 2 is 2.00 bits per heavy atom. The number of ether oxygens (including phenoxy) is 1. The molecular weight excluding hydrogens is 310 g/mol. The van der Waals surface area contributed by atoms with Crippen LogP contribution in [-0.2, 0) is 14.3 Å². The van der Waals surface area contributed by atoms with Gasteiger partial charge in [-0.2, -0.15) is 0 Å². The molecule has 10 heteroatoms. The molecule has 0 aromatic rings. The van der Waals surface area contributed by atoms with E-state index in [0.717, 1.165) is 0 Å². The van der Waals surface area contributed by atoms with Crippen molar-refractivity contribution in [3.05, 3.63) is 0 Å². The van der Waals surface area contributed by atoms with Crippen LogP contribution >= 0.6 is 0 Å². The summed E-state index contributed by atoms with van der Waals surface area (Å²) in [5, 5.41) is 41.6. The van der Waals surface area contributed by atoms with Gasteiger partial charge in [0.2, 0.25) is 5.91 Å². The van der Waals surface area contributed by atoms with Gasteiger partial charge in [0.15, 0.2) is 0 Å². The third kappa shape index (κ3) is 4.61. The van der Waals surface area contributed by atoms with Gasteiger partial charge in [-0.15, -0.1) is 0 Å². The Labute approximate surface area is 133 Å². The number of carbonyl (C=O) groups is 2. The summed E-state index contributed by atoms with van der Waals surface area (Å²) in [7, 11) is 0. The summed E-state index contributed by atoms with van der Waals surface area (Å²) in [5.41, 5.74) is 5.51. The van der Waals surface area contributed by atoms with Gasteiger partial charge in [-0.3, -0.25) is 9.79 Å². The van der Waals surface area contributed by atoms with Crippen LogP contribution in [0.3, 0.4) is 0 Å². The van der Waals surface area contributed by atoms with Crippen molar-refractivity contribution < 1.29 is 34.8 Å². The van der Waals surface area contributed by atoms with Gasteiger partial charge in [-0.05, 0) is 13.8 Å². The molecule has 1 rings (SSSR count). The molecule has 132 valence electrons. The number of aliphatic imine (C=N–C) groups is 1. The minimum atomic E-state index is -2.66. The Balaban J connectivity index is 3.27. The zero-order valence-electron chi connectivity index (χ0n) is 13.1. The number of nitrogens with two attached hydrogens (primary N) is 1. The van der Waals surface area contributed by atoms with Gasteiger partial charge >= 0.3 is 5.97 Å². The molecule has 0 aromatic heterocycles. The lowest BCUT2D eigenvalue weighted by Crippen LogP contribution is -2.65. The van der Waals surface area contributed by atoms with Crippen molar-refractivity contribution in [2.45, 2.75) is 63.4 Å². The molecule has 1 amide bonds. The first-order valence-electron chi connectivity index (χ1n) is 7.04. The van der Waals surface area contributed by atoms with Crippen LogP contribution in [0.25, 0.3) is 0 Å². The number of nitrogens with zero attached hydrogens (tertiary/aromatic N) is 1. The highest BCUT2D eigenvalue weighted by Gasteiger charge is 2.53. The van der Waals surface area contributed by atoms with E-state index < -0.39 is 54.5 Å². The fraction of sp³-hybridized carbons (Fsp3) is 0.769. The van der Waals surface area contributed by atoms with Crippen molar-refractivity contribution in [2.24, 2.45) is 10.7 Å². The molecule has 10 nitrogen and oxygen atoms in total. The van der Waals surface area contributed by atoms with E-state index in [2.05, 4.69) is 10.3 Å². The quantitative estimate of drug-likeness (QED) is 0.237. The van der Waals surface area contributed by atoms with Crippen LogP contribution in [0.15, 0.2) is 4.99 Å². The minimum Gasteiger partial charge on any atom is -0.477 e. The van der Waals surface area contributed by atoms with Crippen molar-refractivity contribution >= 4 is 17.7 Å². The molecule has 0 spiro atoms. The number of nitrogens with one attached hydrogen (secondary N) is 1. The molecule has 1 aliphatic heterocycles. The normalized spacial score (nSPS) is 34.5. The number of carboxylic acids is 1. The van der Waals surface area contributed by atoms with E-state index in [9.17, 15) is 24.9 Å². The number of aliphatic hydroxyl groups is 3. The van der Waals surface area contributed by atoms with Crippen molar-refractivity contribution in [3.63, 3.8) is 0 Å². The number of rotatable bonds is 5. The van der Waals surface area contributed by atoms with Crippen molar-refractivity contribution in [1.82, 2.24) is 5.32 Å². The number of carboxylic acid groups (broad SMARTS) is 1. The molecule has 1 fully saturated rings. The molecule has 1 aliphatic rings. The van der Waals surface area contributed by atoms with Crippen molar-refractivity contribution in [1.29, 1.82) is 0 Å². The Kier molecular flexibility index (Phi) is 6.05. The summed E-state index contributed by atoms with van der Waals surface area (Å²) in [6.07, 6.45) is -4.50. The predicted octanol–water partition coefficient (Wildman–Crippen LogP) is -2.46. The van der Waals surface area contributed by atoms with Crippen LogP contribution in [0.1, 0.15) is 27.2 Å². The van der Waals surface area contributed by atoms with Crippen LogP contribution in [0.4, 0.5) is 0 Å². The van der Waals surface area contributed by atoms with E-state index in [4.69, 9.17) is 15.6 Å². The second-order valence-electron chi connectivity index (χ2n) is 5.67. The number of amides is 1. The summed E-state index contributed by atoms with van der Waals surface area (Å²) >= 11 is 0. The average Bonchev–Trinajstić information content (AvgIpc) is 2.38. The minimum absolute atomic E-state index is 0.0931. The molecule has 0 aromatic carbocycles. The maximum absolute atomic E-state index is 11.3. The van der Waals surface area contributed by atoms with Gasteiger partial charge in [0.05, 0.1) is 24.1 Å². The monoisotopic (exact) mass is 333 g/mol. The van der Waals surface area contributed by atoms with Crippen LogP contribution in [0.2, 0.25) is 0 Å². The maximum Gasteiger partial charge on any atom is 0.364 e. The van der Waals surface area contributed by atoms with Crippen LogP contribution < -0.4 is 11.1 Å². The molecule has 7 N–H and O–H groups in total.